The van der Waals surface area contributed by atoms with Crippen LogP contribution in [0, 0.1) is 6.92 Å². The van der Waals surface area contributed by atoms with Crippen LogP contribution in [-0.4, -0.2) is 25.8 Å². The number of nitrogen functional groups attached to an aromatic ring is 2. The number of benzene rings is 1. The van der Waals surface area contributed by atoms with Crippen LogP contribution in [0.1, 0.15) is 46.0 Å². The summed E-state index contributed by atoms with van der Waals surface area (Å²) in [5.74, 6) is 0.414. The molecule has 0 aliphatic carbocycles. The number of rotatable bonds is 3. The third-order valence-electron chi connectivity index (χ3n) is 4.94. The molecule has 1 atom stereocenters. The first-order valence-corrected chi connectivity index (χ1v) is 9.12. The molecule has 28 heavy (non-hydrogen) atoms. The van der Waals surface area contributed by atoms with Crippen LogP contribution in [-0.2, 0) is 12.8 Å². The first-order chi connectivity index (χ1) is 13.5. The number of hydrogen-bond donors (Lipinski definition) is 3. The zero-order chi connectivity index (χ0) is 19.8. The summed E-state index contributed by atoms with van der Waals surface area (Å²) < 4.78 is 0. The summed E-state index contributed by atoms with van der Waals surface area (Å²) in [6.07, 6.45) is 2.88. The van der Waals surface area contributed by atoms with Crippen molar-refractivity contribution in [3.63, 3.8) is 0 Å². The van der Waals surface area contributed by atoms with Gasteiger partial charge in [0.15, 0.2) is 0 Å². The number of fused-ring (bicyclic) bond motifs is 1. The van der Waals surface area contributed by atoms with Gasteiger partial charge in [0.2, 0.25) is 5.95 Å². The van der Waals surface area contributed by atoms with E-state index in [1.165, 1.54) is 0 Å². The molecule has 5 N–H and O–H groups in total. The lowest BCUT2D eigenvalue weighted by Crippen LogP contribution is -2.37. The van der Waals surface area contributed by atoms with Crippen LogP contribution in [0.5, 0.6) is 0 Å². The van der Waals surface area contributed by atoms with E-state index in [1.807, 2.05) is 31.2 Å². The molecule has 0 bridgehead atoms. The lowest BCUT2D eigenvalue weighted by Gasteiger charge is -2.27. The van der Waals surface area contributed by atoms with Crippen molar-refractivity contribution in [2.45, 2.75) is 32.7 Å². The number of aryl methyl sites for hydroxylation is 2. The average Bonchev–Trinajstić information content (AvgIpc) is 2.67. The molecule has 3 heterocycles. The fourth-order valence-electron chi connectivity index (χ4n) is 3.62. The Morgan fingerprint density at radius 1 is 1.18 bits per heavy atom. The molecule has 142 valence electrons. The highest BCUT2D eigenvalue weighted by Crippen LogP contribution is 2.32. The van der Waals surface area contributed by atoms with Gasteiger partial charge in [-0.05, 0) is 18.9 Å². The quantitative estimate of drug-likeness (QED) is 0.637. The normalized spacial score (nSPS) is 15.8. The van der Waals surface area contributed by atoms with Gasteiger partial charge < -0.3 is 16.8 Å². The highest BCUT2D eigenvalue weighted by Gasteiger charge is 2.30. The lowest BCUT2D eigenvalue weighted by atomic mass is 9.90. The largest absolute Gasteiger partial charge is 0.382 e. The molecule has 8 heteroatoms. The summed E-state index contributed by atoms with van der Waals surface area (Å²) in [6.45, 7) is 3.75. The maximum Gasteiger partial charge on any atom is 0.255 e. The zero-order valence-corrected chi connectivity index (χ0v) is 15.7. The van der Waals surface area contributed by atoms with Crippen molar-refractivity contribution in [3.05, 3.63) is 58.7 Å². The number of nitrogens with two attached hydrogens (primary N) is 2. The standard InChI is InChI=1S/C20H21N7O/c1-3-13-18(21)23-9-16(25-13)12-7-5-4-6-11(12)14-8-15-17(19(28)26-14)10(2)24-20(22)27-15/h4-7,9,14H,3,8H2,1-2H3,(H2,21,23)(H,26,28)(H2,22,24,27). The first-order valence-electron chi connectivity index (χ1n) is 9.12. The van der Waals surface area contributed by atoms with E-state index in [0.29, 0.717) is 35.6 Å². The van der Waals surface area contributed by atoms with Crippen LogP contribution >= 0.6 is 0 Å². The summed E-state index contributed by atoms with van der Waals surface area (Å²) in [5.41, 5.74) is 16.8. The van der Waals surface area contributed by atoms with Crippen molar-refractivity contribution in [2.75, 3.05) is 11.5 Å². The first kappa shape index (κ1) is 17.8. The van der Waals surface area contributed by atoms with Crippen LogP contribution in [0.15, 0.2) is 30.5 Å². The number of amides is 1. The Hall–Kier alpha value is -3.55. The summed E-state index contributed by atoms with van der Waals surface area (Å²) in [6, 6.07) is 7.56. The molecule has 1 aliphatic rings. The van der Waals surface area contributed by atoms with E-state index in [9.17, 15) is 4.79 Å². The van der Waals surface area contributed by atoms with Crippen LogP contribution < -0.4 is 16.8 Å². The molecule has 0 saturated carbocycles. The van der Waals surface area contributed by atoms with Gasteiger partial charge in [-0.15, -0.1) is 0 Å². The number of nitrogens with zero attached hydrogens (tertiary/aromatic N) is 4. The lowest BCUT2D eigenvalue weighted by molar-refractivity contribution is 0.0922. The number of aromatic nitrogens is 4. The maximum atomic E-state index is 12.7. The van der Waals surface area contributed by atoms with E-state index >= 15 is 0 Å². The van der Waals surface area contributed by atoms with Crippen LogP contribution in [0.25, 0.3) is 11.3 Å². The van der Waals surface area contributed by atoms with Crippen molar-refractivity contribution in [1.82, 2.24) is 25.3 Å². The van der Waals surface area contributed by atoms with Crippen molar-refractivity contribution < 1.29 is 4.79 Å². The minimum atomic E-state index is -0.255. The van der Waals surface area contributed by atoms with Gasteiger partial charge in [0.1, 0.15) is 5.82 Å². The predicted molar refractivity (Wildman–Crippen MR) is 106 cm³/mol. The third-order valence-corrected chi connectivity index (χ3v) is 4.94. The monoisotopic (exact) mass is 375 g/mol. The molecule has 0 spiro atoms. The van der Waals surface area contributed by atoms with Crippen molar-refractivity contribution >= 4 is 17.7 Å². The van der Waals surface area contributed by atoms with Gasteiger partial charge in [-0.1, -0.05) is 31.2 Å². The number of nitrogens with one attached hydrogen (secondary N) is 1. The number of carbonyl (C=O) groups is 1. The highest BCUT2D eigenvalue weighted by molar-refractivity contribution is 5.98. The van der Waals surface area contributed by atoms with Crippen molar-refractivity contribution in [2.24, 2.45) is 0 Å². The molecule has 0 saturated heterocycles. The van der Waals surface area contributed by atoms with E-state index in [2.05, 4.69) is 25.3 Å². The predicted octanol–water partition coefficient (Wildman–Crippen LogP) is 2.00. The van der Waals surface area contributed by atoms with Gasteiger partial charge in [-0.25, -0.2) is 19.9 Å². The summed E-state index contributed by atoms with van der Waals surface area (Å²) in [4.78, 5) is 30.1. The molecular formula is C20H21N7O. The van der Waals surface area contributed by atoms with E-state index in [4.69, 9.17) is 11.5 Å². The van der Waals surface area contributed by atoms with Gasteiger partial charge in [0.05, 0.1) is 40.6 Å². The summed E-state index contributed by atoms with van der Waals surface area (Å²) >= 11 is 0. The van der Waals surface area contributed by atoms with Crippen molar-refractivity contribution in [1.29, 1.82) is 0 Å². The van der Waals surface area contributed by atoms with Gasteiger partial charge in [-0.2, -0.15) is 0 Å². The summed E-state index contributed by atoms with van der Waals surface area (Å²) in [5, 5.41) is 3.07. The van der Waals surface area contributed by atoms with Gasteiger partial charge in [0, 0.05) is 12.0 Å². The second-order valence-electron chi connectivity index (χ2n) is 6.75. The second kappa shape index (κ2) is 6.88. The molecular weight excluding hydrogens is 354 g/mol. The number of carbonyl (C=O) groups excluding carboxylic acids is 1. The number of anilines is 2. The molecule has 1 aromatic carbocycles. The van der Waals surface area contributed by atoms with Gasteiger partial charge in [0.25, 0.3) is 5.91 Å². The van der Waals surface area contributed by atoms with Crippen LogP contribution in [0.4, 0.5) is 11.8 Å². The van der Waals surface area contributed by atoms with E-state index in [0.717, 1.165) is 22.5 Å². The van der Waals surface area contributed by atoms with Crippen molar-refractivity contribution in [3.8, 4) is 11.3 Å². The molecule has 1 aliphatic heterocycles. The van der Waals surface area contributed by atoms with E-state index in [-0.39, 0.29) is 17.9 Å². The maximum absolute atomic E-state index is 12.7. The Bertz CT molecular complexity index is 1080. The average molecular weight is 375 g/mol. The second-order valence-corrected chi connectivity index (χ2v) is 6.75. The minimum absolute atomic E-state index is 0.176. The third kappa shape index (κ3) is 3.02. The van der Waals surface area contributed by atoms with Gasteiger partial charge >= 0.3 is 0 Å². The van der Waals surface area contributed by atoms with E-state index in [1.54, 1.807) is 13.1 Å². The minimum Gasteiger partial charge on any atom is -0.382 e. The Balaban J connectivity index is 1.78. The molecule has 2 aromatic heterocycles. The Morgan fingerprint density at radius 2 is 1.96 bits per heavy atom. The fraction of sp³-hybridized carbons (Fsp3) is 0.250. The summed E-state index contributed by atoms with van der Waals surface area (Å²) in [7, 11) is 0. The molecule has 8 nitrogen and oxygen atoms in total. The molecule has 1 amide bonds. The molecule has 0 fully saturated rings. The van der Waals surface area contributed by atoms with Crippen LogP contribution in [0.2, 0.25) is 0 Å². The van der Waals surface area contributed by atoms with E-state index < -0.39 is 0 Å². The SMILES string of the molecule is CCc1nc(-c2ccccc2C2Cc3nc(N)nc(C)c3C(=O)N2)cnc1N. The van der Waals surface area contributed by atoms with Crippen LogP contribution in [0.3, 0.4) is 0 Å². The molecule has 3 aromatic rings. The molecule has 4 rings (SSSR count). The molecule has 0 radical (unpaired) electrons. The Labute approximate surface area is 162 Å². The highest BCUT2D eigenvalue weighted by atomic mass is 16.1. The topological polar surface area (TPSA) is 133 Å². The molecule has 1 unspecified atom stereocenters. The smallest absolute Gasteiger partial charge is 0.255 e. The number of hydrogen-bond acceptors (Lipinski definition) is 7. The zero-order valence-electron chi connectivity index (χ0n) is 15.7. The Kier molecular flexibility index (Phi) is 4.38. The van der Waals surface area contributed by atoms with Gasteiger partial charge in [-0.3, -0.25) is 4.79 Å². The Morgan fingerprint density at radius 3 is 2.75 bits per heavy atom. The fourth-order valence-corrected chi connectivity index (χ4v) is 3.62.